The largest absolute Gasteiger partial charge is 0.299 e. The Balaban J connectivity index is 1.93. The number of nitrogens with one attached hydrogen (secondary N) is 1. The summed E-state index contributed by atoms with van der Waals surface area (Å²) in [5.41, 5.74) is -0.235. The molecular weight excluding hydrogens is 258 g/mol. The number of nitrogens with zero attached hydrogens (tertiary/aromatic N) is 2. The Hall–Kier alpha value is -0.590. The first-order chi connectivity index (χ1) is 10.2. The molecule has 2 rings (SSSR count). The zero-order valence-corrected chi connectivity index (χ0v) is 14.2. The summed E-state index contributed by atoms with van der Waals surface area (Å²) < 4.78 is 0. The number of rotatable bonds is 7. The molecule has 4 unspecified atom stereocenters. The van der Waals surface area contributed by atoms with Crippen LogP contribution in [0.5, 0.6) is 0 Å². The third-order valence-electron chi connectivity index (χ3n) is 5.87. The van der Waals surface area contributed by atoms with Crippen LogP contribution < -0.4 is 5.32 Å². The van der Waals surface area contributed by atoms with E-state index in [1.807, 2.05) is 0 Å². The Kier molecular flexibility index (Phi) is 6.08. The van der Waals surface area contributed by atoms with E-state index in [-0.39, 0.29) is 5.54 Å². The molecule has 21 heavy (non-hydrogen) atoms. The van der Waals surface area contributed by atoms with Gasteiger partial charge in [0.2, 0.25) is 0 Å². The number of hydrogen-bond acceptors (Lipinski definition) is 3. The molecule has 3 nitrogen and oxygen atoms in total. The summed E-state index contributed by atoms with van der Waals surface area (Å²) >= 11 is 0. The maximum Gasteiger partial charge on any atom is 0.109 e. The van der Waals surface area contributed by atoms with E-state index in [1.54, 1.807) is 0 Å². The van der Waals surface area contributed by atoms with Crippen molar-refractivity contribution in [1.82, 2.24) is 10.2 Å². The van der Waals surface area contributed by atoms with Crippen LogP contribution in [-0.2, 0) is 0 Å². The van der Waals surface area contributed by atoms with Crippen molar-refractivity contribution in [2.45, 2.75) is 89.8 Å². The van der Waals surface area contributed by atoms with Crippen LogP contribution in [0.3, 0.4) is 0 Å². The van der Waals surface area contributed by atoms with Crippen LogP contribution in [0.25, 0.3) is 0 Å². The molecule has 0 spiro atoms. The Bertz CT molecular complexity index is 362. The molecule has 2 aliphatic rings. The summed E-state index contributed by atoms with van der Waals surface area (Å²) in [6.07, 6.45) is 9.75. The van der Waals surface area contributed by atoms with Crippen LogP contribution in [0.1, 0.15) is 72.1 Å². The van der Waals surface area contributed by atoms with Gasteiger partial charge in [0.15, 0.2) is 0 Å². The van der Waals surface area contributed by atoms with E-state index in [0.29, 0.717) is 5.92 Å². The first kappa shape index (κ1) is 16.8. The molecule has 0 aromatic rings. The highest BCUT2D eigenvalue weighted by Crippen LogP contribution is 2.38. The summed E-state index contributed by atoms with van der Waals surface area (Å²) in [7, 11) is 0. The molecule has 1 aliphatic heterocycles. The second-order valence-electron chi connectivity index (χ2n) is 7.11. The van der Waals surface area contributed by atoms with Crippen LogP contribution in [0, 0.1) is 17.2 Å². The highest BCUT2D eigenvalue weighted by Gasteiger charge is 2.43. The van der Waals surface area contributed by atoms with Crippen molar-refractivity contribution >= 4 is 0 Å². The lowest BCUT2D eigenvalue weighted by atomic mass is 9.85. The van der Waals surface area contributed by atoms with E-state index in [0.717, 1.165) is 31.5 Å². The smallest absolute Gasteiger partial charge is 0.109 e. The summed E-state index contributed by atoms with van der Waals surface area (Å²) in [6.45, 7) is 9.02. The van der Waals surface area contributed by atoms with Gasteiger partial charge in [-0.25, -0.2) is 0 Å². The van der Waals surface area contributed by atoms with Gasteiger partial charge in [0.05, 0.1) is 6.07 Å². The van der Waals surface area contributed by atoms with Crippen molar-refractivity contribution in [3.63, 3.8) is 0 Å². The molecule has 1 N–H and O–H groups in total. The normalized spacial score (nSPS) is 37.0. The lowest BCUT2D eigenvalue weighted by Gasteiger charge is -2.33. The topological polar surface area (TPSA) is 39.1 Å². The average Bonchev–Trinajstić information content (AvgIpc) is 3.07. The highest BCUT2D eigenvalue weighted by atomic mass is 15.2. The molecule has 0 bridgehead atoms. The Morgan fingerprint density at radius 2 is 2.10 bits per heavy atom. The fraction of sp³-hybridized carbons (Fsp3) is 0.944. The molecule has 0 radical (unpaired) electrons. The summed E-state index contributed by atoms with van der Waals surface area (Å²) in [5.74, 6) is 0.541. The molecule has 0 aromatic heterocycles. The summed E-state index contributed by atoms with van der Waals surface area (Å²) in [5, 5.41) is 13.3. The van der Waals surface area contributed by atoms with Crippen LogP contribution in [0.15, 0.2) is 0 Å². The number of hydrogen-bond donors (Lipinski definition) is 1. The van der Waals surface area contributed by atoms with Crippen molar-refractivity contribution in [1.29, 1.82) is 5.26 Å². The maximum absolute atomic E-state index is 9.73. The van der Waals surface area contributed by atoms with E-state index in [9.17, 15) is 5.26 Å². The fourth-order valence-electron chi connectivity index (χ4n) is 4.51. The molecule has 1 saturated heterocycles. The molecule has 1 saturated carbocycles. The van der Waals surface area contributed by atoms with Gasteiger partial charge in [0.1, 0.15) is 5.54 Å². The van der Waals surface area contributed by atoms with Gasteiger partial charge < -0.3 is 0 Å². The second-order valence-corrected chi connectivity index (χ2v) is 7.11. The minimum absolute atomic E-state index is 0.235. The maximum atomic E-state index is 9.73. The zero-order chi connectivity index (χ0) is 15.3. The highest BCUT2D eigenvalue weighted by molar-refractivity contribution is 5.14. The molecule has 1 aliphatic carbocycles. The van der Waals surface area contributed by atoms with E-state index in [4.69, 9.17) is 0 Å². The van der Waals surface area contributed by atoms with Crippen LogP contribution in [0.2, 0.25) is 0 Å². The quantitative estimate of drug-likeness (QED) is 0.777. The first-order valence-electron chi connectivity index (χ1n) is 9.08. The molecule has 2 fully saturated rings. The Labute approximate surface area is 131 Å². The average molecular weight is 291 g/mol. The van der Waals surface area contributed by atoms with E-state index in [1.165, 1.54) is 45.1 Å². The lowest BCUT2D eigenvalue weighted by Crippen LogP contribution is -2.48. The van der Waals surface area contributed by atoms with Crippen molar-refractivity contribution in [2.24, 2.45) is 5.92 Å². The van der Waals surface area contributed by atoms with Gasteiger partial charge in [-0.15, -0.1) is 0 Å². The fourth-order valence-corrected chi connectivity index (χ4v) is 4.51. The Morgan fingerprint density at radius 1 is 1.29 bits per heavy atom. The van der Waals surface area contributed by atoms with Gasteiger partial charge in [-0.2, -0.15) is 5.26 Å². The van der Waals surface area contributed by atoms with Crippen LogP contribution in [-0.4, -0.2) is 35.6 Å². The van der Waals surface area contributed by atoms with Crippen LogP contribution >= 0.6 is 0 Å². The predicted octanol–water partition coefficient (Wildman–Crippen LogP) is 3.70. The van der Waals surface area contributed by atoms with Crippen molar-refractivity contribution in [2.75, 3.05) is 13.1 Å². The minimum atomic E-state index is -0.235. The molecule has 1 heterocycles. The van der Waals surface area contributed by atoms with E-state index >= 15 is 0 Å². The third kappa shape index (κ3) is 3.60. The number of nitriles is 1. The standard InChI is InChI=1S/C18H33N3/c1-4-12-20-18(14-19)11-6-7-16(18)10-13-21-15(3)8-9-17(21)5-2/h15-17,20H,4-13H2,1-3H3. The molecule has 0 aromatic carbocycles. The van der Waals surface area contributed by atoms with Crippen molar-refractivity contribution in [3.8, 4) is 6.07 Å². The van der Waals surface area contributed by atoms with Crippen LogP contribution in [0.4, 0.5) is 0 Å². The van der Waals surface area contributed by atoms with Gasteiger partial charge in [-0.1, -0.05) is 20.3 Å². The van der Waals surface area contributed by atoms with Gasteiger partial charge >= 0.3 is 0 Å². The molecular formula is C18H33N3. The van der Waals surface area contributed by atoms with Gasteiger partial charge in [-0.3, -0.25) is 10.2 Å². The van der Waals surface area contributed by atoms with E-state index in [2.05, 4.69) is 37.1 Å². The van der Waals surface area contributed by atoms with Gasteiger partial charge in [0, 0.05) is 12.1 Å². The van der Waals surface area contributed by atoms with Gasteiger partial charge in [-0.05, 0) is 70.9 Å². The van der Waals surface area contributed by atoms with Crippen molar-refractivity contribution in [3.05, 3.63) is 0 Å². The van der Waals surface area contributed by atoms with Gasteiger partial charge in [0.25, 0.3) is 0 Å². The predicted molar refractivity (Wildman–Crippen MR) is 88.1 cm³/mol. The SMILES string of the molecule is CCCNC1(C#N)CCCC1CCN1C(C)CCC1CC. The molecule has 0 amide bonds. The zero-order valence-electron chi connectivity index (χ0n) is 14.2. The molecule has 3 heteroatoms. The Morgan fingerprint density at radius 3 is 2.76 bits per heavy atom. The summed E-state index contributed by atoms with van der Waals surface area (Å²) in [6, 6.07) is 4.16. The monoisotopic (exact) mass is 291 g/mol. The van der Waals surface area contributed by atoms with E-state index < -0.39 is 0 Å². The lowest BCUT2D eigenvalue weighted by molar-refractivity contribution is 0.171. The summed E-state index contributed by atoms with van der Waals surface area (Å²) in [4.78, 5) is 2.71. The van der Waals surface area contributed by atoms with Crippen molar-refractivity contribution < 1.29 is 0 Å². The third-order valence-corrected chi connectivity index (χ3v) is 5.87. The second kappa shape index (κ2) is 7.61. The minimum Gasteiger partial charge on any atom is -0.299 e. The number of likely N-dealkylation sites (tertiary alicyclic amines) is 1. The first-order valence-corrected chi connectivity index (χ1v) is 9.08. The molecule has 4 atom stereocenters. The molecule has 120 valence electrons.